The standard InChI is InChI=1S/C10H18N2O/c1-2-11-10(13)7-12-8-3-4-9(12)6-5-8/h8-9H,2-7H2,1H3,(H,11,13). The van der Waals surface area contributed by atoms with Crippen LogP contribution in [0, 0.1) is 0 Å². The van der Waals surface area contributed by atoms with E-state index in [1.807, 2.05) is 6.92 Å². The molecule has 2 rings (SSSR count). The molecule has 3 nitrogen and oxygen atoms in total. The number of carbonyl (C=O) groups excluding carboxylic acids is 1. The number of likely N-dealkylation sites (N-methyl/N-ethyl adjacent to an activating group) is 1. The van der Waals surface area contributed by atoms with E-state index < -0.39 is 0 Å². The van der Waals surface area contributed by atoms with Gasteiger partial charge in [0.1, 0.15) is 0 Å². The van der Waals surface area contributed by atoms with E-state index in [9.17, 15) is 4.79 Å². The van der Waals surface area contributed by atoms with Crippen molar-refractivity contribution in [2.45, 2.75) is 44.7 Å². The van der Waals surface area contributed by atoms with Gasteiger partial charge in [-0.05, 0) is 32.6 Å². The number of carbonyl (C=O) groups is 1. The first-order chi connectivity index (χ1) is 6.31. The summed E-state index contributed by atoms with van der Waals surface area (Å²) < 4.78 is 0. The summed E-state index contributed by atoms with van der Waals surface area (Å²) in [5.41, 5.74) is 0. The lowest BCUT2D eigenvalue weighted by Crippen LogP contribution is -2.39. The Hall–Kier alpha value is -0.570. The Morgan fingerprint density at radius 1 is 1.31 bits per heavy atom. The second-order valence-electron chi connectivity index (χ2n) is 4.09. The number of hydrogen-bond donors (Lipinski definition) is 1. The Kier molecular flexibility index (Phi) is 2.54. The molecule has 0 atom stereocenters. The average molecular weight is 182 g/mol. The van der Waals surface area contributed by atoms with Gasteiger partial charge in [-0.15, -0.1) is 0 Å². The molecule has 2 aliphatic rings. The first-order valence-electron chi connectivity index (χ1n) is 5.33. The van der Waals surface area contributed by atoms with Crippen LogP contribution in [-0.4, -0.2) is 36.0 Å². The van der Waals surface area contributed by atoms with Crippen LogP contribution in [0.15, 0.2) is 0 Å². The third kappa shape index (κ3) is 1.70. The minimum atomic E-state index is 0.196. The summed E-state index contributed by atoms with van der Waals surface area (Å²) in [4.78, 5) is 13.8. The zero-order valence-corrected chi connectivity index (χ0v) is 8.25. The van der Waals surface area contributed by atoms with Gasteiger partial charge in [-0.3, -0.25) is 9.69 Å². The van der Waals surface area contributed by atoms with Crippen LogP contribution in [0.4, 0.5) is 0 Å². The number of nitrogens with one attached hydrogen (secondary N) is 1. The maximum absolute atomic E-state index is 11.4. The first-order valence-corrected chi connectivity index (χ1v) is 5.33. The predicted molar refractivity (Wildman–Crippen MR) is 51.4 cm³/mol. The second-order valence-corrected chi connectivity index (χ2v) is 4.09. The van der Waals surface area contributed by atoms with Crippen molar-refractivity contribution >= 4 is 5.91 Å². The van der Waals surface area contributed by atoms with E-state index in [2.05, 4.69) is 10.2 Å². The van der Waals surface area contributed by atoms with Crippen molar-refractivity contribution in [1.29, 1.82) is 0 Å². The predicted octanol–water partition coefficient (Wildman–Crippen LogP) is 0.749. The van der Waals surface area contributed by atoms with Gasteiger partial charge < -0.3 is 5.32 Å². The van der Waals surface area contributed by atoms with E-state index in [0.717, 1.165) is 6.54 Å². The summed E-state index contributed by atoms with van der Waals surface area (Å²) in [6, 6.07) is 1.43. The molecule has 2 heterocycles. The lowest BCUT2D eigenvalue weighted by Gasteiger charge is -2.20. The molecule has 0 unspecified atom stereocenters. The molecule has 0 aromatic rings. The van der Waals surface area contributed by atoms with Gasteiger partial charge in [0.15, 0.2) is 0 Å². The second kappa shape index (κ2) is 3.66. The molecular weight excluding hydrogens is 164 g/mol. The van der Waals surface area contributed by atoms with E-state index in [0.29, 0.717) is 18.6 Å². The lowest BCUT2D eigenvalue weighted by molar-refractivity contribution is -0.122. The van der Waals surface area contributed by atoms with Gasteiger partial charge in [-0.1, -0.05) is 0 Å². The quantitative estimate of drug-likeness (QED) is 0.698. The highest BCUT2D eigenvalue weighted by atomic mass is 16.2. The third-order valence-corrected chi connectivity index (χ3v) is 3.30. The first kappa shape index (κ1) is 9.00. The van der Waals surface area contributed by atoms with Crippen LogP contribution in [-0.2, 0) is 4.79 Å². The largest absolute Gasteiger partial charge is 0.355 e. The highest BCUT2D eigenvalue weighted by Gasteiger charge is 2.39. The Labute approximate surface area is 79.5 Å². The van der Waals surface area contributed by atoms with Crippen LogP contribution in [0.2, 0.25) is 0 Å². The van der Waals surface area contributed by atoms with Crippen molar-refractivity contribution < 1.29 is 4.79 Å². The molecule has 2 aliphatic heterocycles. The molecule has 13 heavy (non-hydrogen) atoms. The summed E-state index contributed by atoms with van der Waals surface area (Å²) in [7, 11) is 0. The molecule has 0 aromatic carbocycles. The monoisotopic (exact) mass is 182 g/mol. The molecule has 2 fully saturated rings. The molecule has 2 saturated heterocycles. The molecule has 2 bridgehead atoms. The van der Waals surface area contributed by atoms with E-state index in [-0.39, 0.29) is 5.91 Å². The van der Waals surface area contributed by atoms with E-state index in [4.69, 9.17) is 0 Å². The van der Waals surface area contributed by atoms with Crippen molar-refractivity contribution in [2.24, 2.45) is 0 Å². The Morgan fingerprint density at radius 3 is 2.31 bits per heavy atom. The fourth-order valence-corrected chi connectivity index (χ4v) is 2.70. The maximum atomic E-state index is 11.4. The zero-order valence-electron chi connectivity index (χ0n) is 8.25. The van der Waals surface area contributed by atoms with E-state index in [1.165, 1.54) is 25.7 Å². The van der Waals surface area contributed by atoms with Gasteiger partial charge in [0.05, 0.1) is 6.54 Å². The van der Waals surface area contributed by atoms with Crippen molar-refractivity contribution in [3.63, 3.8) is 0 Å². The summed E-state index contributed by atoms with van der Waals surface area (Å²) >= 11 is 0. The molecule has 0 radical (unpaired) electrons. The average Bonchev–Trinajstić information content (AvgIpc) is 2.65. The molecule has 74 valence electrons. The number of rotatable bonds is 3. The molecule has 0 spiro atoms. The molecule has 0 aromatic heterocycles. The van der Waals surface area contributed by atoms with Crippen molar-refractivity contribution in [1.82, 2.24) is 10.2 Å². The smallest absolute Gasteiger partial charge is 0.234 e. The van der Waals surface area contributed by atoms with E-state index in [1.54, 1.807) is 0 Å². The SMILES string of the molecule is CCNC(=O)CN1C2CCC1CC2. The Balaban J connectivity index is 1.85. The topological polar surface area (TPSA) is 32.3 Å². The van der Waals surface area contributed by atoms with Gasteiger partial charge in [-0.25, -0.2) is 0 Å². The molecule has 0 saturated carbocycles. The van der Waals surface area contributed by atoms with Gasteiger partial charge in [-0.2, -0.15) is 0 Å². The Bertz CT molecular complexity index is 185. The highest BCUT2D eigenvalue weighted by Crippen LogP contribution is 2.36. The molecule has 0 aliphatic carbocycles. The van der Waals surface area contributed by atoms with Gasteiger partial charge in [0, 0.05) is 18.6 Å². The van der Waals surface area contributed by atoms with Crippen molar-refractivity contribution in [3.05, 3.63) is 0 Å². The van der Waals surface area contributed by atoms with Crippen molar-refractivity contribution in [3.8, 4) is 0 Å². The Morgan fingerprint density at radius 2 is 1.85 bits per heavy atom. The number of amides is 1. The zero-order chi connectivity index (χ0) is 9.26. The fourth-order valence-electron chi connectivity index (χ4n) is 2.70. The molecular formula is C10H18N2O. The number of nitrogens with zero attached hydrogens (tertiary/aromatic N) is 1. The van der Waals surface area contributed by atoms with E-state index >= 15 is 0 Å². The van der Waals surface area contributed by atoms with Crippen LogP contribution in [0.1, 0.15) is 32.6 Å². The summed E-state index contributed by atoms with van der Waals surface area (Å²) in [5, 5.41) is 2.86. The van der Waals surface area contributed by atoms with Crippen LogP contribution >= 0.6 is 0 Å². The van der Waals surface area contributed by atoms with Crippen LogP contribution in [0.3, 0.4) is 0 Å². The minimum Gasteiger partial charge on any atom is -0.355 e. The molecule has 3 heteroatoms. The fraction of sp³-hybridized carbons (Fsp3) is 0.900. The summed E-state index contributed by atoms with van der Waals surface area (Å²) in [5.74, 6) is 0.196. The minimum absolute atomic E-state index is 0.196. The lowest BCUT2D eigenvalue weighted by atomic mass is 10.0. The normalized spacial score (nSPS) is 32.4. The van der Waals surface area contributed by atoms with Gasteiger partial charge in [0.2, 0.25) is 5.91 Å². The molecule has 1 amide bonds. The van der Waals surface area contributed by atoms with Crippen LogP contribution < -0.4 is 5.32 Å². The van der Waals surface area contributed by atoms with Gasteiger partial charge >= 0.3 is 0 Å². The van der Waals surface area contributed by atoms with Gasteiger partial charge in [0.25, 0.3) is 0 Å². The summed E-state index contributed by atoms with van der Waals surface area (Å²) in [6.45, 7) is 3.35. The van der Waals surface area contributed by atoms with Crippen molar-refractivity contribution in [2.75, 3.05) is 13.1 Å². The highest BCUT2D eigenvalue weighted by molar-refractivity contribution is 5.78. The number of hydrogen-bond acceptors (Lipinski definition) is 2. The number of fused-ring (bicyclic) bond motifs is 2. The maximum Gasteiger partial charge on any atom is 0.234 e. The summed E-state index contributed by atoms with van der Waals surface area (Å²) in [6.07, 6.45) is 5.24. The van der Waals surface area contributed by atoms with Crippen LogP contribution in [0.25, 0.3) is 0 Å². The third-order valence-electron chi connectivity index (χ3n) is 3.30. The molecule has 1 N–H and O–H groups in total. The van der Waals surface area contributed by atoms with Crippen LogP contribution in [0.5, 0.6) is 0 Å².